The summed E-state index contributed by atoms with van der Waals surface area (Å²) in [5, 5.41) is 62.4. The number of aliphatic hydroxyl groups excluding tert-OH is 1. The molecule has 0 radical (unpaired) electrons. The maximum atomic E-state index is 11.6. The zero-order chi connectivity index (χ0) is 29.5. The number of ether oxygens (including phenoxy) is 1. The SMILES string of the molecule is CC(C)(C)c1cccc(C=Nc2ccccc2SC2c3c(O)cc(O)cc3OC(c3ccc(O)c(O)c3)C2O)c1O. The van der Waals surface area contributed by atoms with Gasteiger partial charge in [0.05, 0.1) is 16.5 Å². The van der Waals surface area contributed by atoms with Crippen molar-refractivity contribution in [3.8, 4) is 34.5 Å². The predicted molar refractivity (Wildman–Crippen MR) is 158 cm³/mol. The van der Waals surface area contributed by atoms with Gasteiger partial charge in [0.1, 0.15) is 29.1 Å². The Balaban J connectivity index is 1.53. The lowest BCUT2D eigenvalue weighted by molar-refractivity contribution is 0.0174. The fourth-order valence-electron chi connectivity index (χ4n) is 4.84. The third-order valence-electron chi connectivity index (χ3n) is 6.93. The number of benzene rings is 4. The Morgan fingerprint density at radius 1 is 0.829 bits per heavy atom. The molecule has 0 amide bonds. The first kappa shape index (κ1) is 28.2. The van der Waals surface area contributed by atoms with Gasteiger partial charge in [0, 0.05) is 28.8 Å². The number of hydrogen-bond donors (Lipinski definition) is 6. The third-order valence-corrected chi connectivity index (χ3v) is 8.30. The summed E-state index contributed by atoms with van der Waals surface area (Å²) in [6.07, 6.45) is -0.604. The number of rotatable bonds is 5. The summed E-state index contributed by atoms with van der Waals surface area (Å²) in [7, 11) is 0. The monoisotopic (exact) mass is 573 g/mol. The van der Waals surface area contributed by atoms with Crippen molar-refractivity contribution in [3.63, 3.8) is 0 Å². The van der Waals surface area contributed by atoms with E-state index in [-0.39, 0.29) is 39.9 Å². The van der Waals surface area contributed by atoms with Gasteiger partial charge in [-0.25, -0.2) is 0 Å². The van der Waals surface area contributed by atoms with Crippen LogP contribution in [-0.2, 0) is 5.41 Å². The van der Waals surface area contributed by atoms with E-state index in [1.807, 2.05) is 57.2 Å². The van der Waals surface area contributed by atoms with E-state index in [1.54, 1.807) is 12.3 Å². The highest BCUT2D eigenvalue weighted by atomic mass is 32.2. The molecule has 0 saturated carbocycles. The van der Waals surface area contributed by atoms with Gasteiger partial charge in [-0.2, -0.15) is 0 Å². The second-order valence-electron chi connectivity index (χ2n) is 10.9. The molecule has 1 heterocycles. The highest BCUT2D eigenvalue weighted by Crippen LogP contribution is 2.55. The van der Waals surface area contributed by atoms with Crippen molar-refractivity contribution in [2.75, 3.05) is 0 Å². The van der Waals surface area contributed by atoms with E-state index in [4.69, 9.17) is 4.74 Å². The highest BCUT2D eigenvalue weighted by molar-refractivity contribution is 7.99. The van der Waals surface area contributed by atoms with Crippen LogP contribution in [0.25, 0.3) is 0 Å². The van der Waals surface area contributed by atoms with Crippen LogP contribution >= 0.6 is 11.8 Å². The summed E-state index contributed by atoms with van der Waals surface area (Å²) in [6, 6.07) is 19.5. The first-order valence-corrected chi connectivity index (χ1v) is 13.9. The van der Waals surface area contributed by atoms with Gasteiger partial charge in [-0.3, -0.25) is 4.99 Å². The maximum Gasteiger partial charge on any atom is 0.157 e. The van der Waals surface area contributed by atoms with E-state index < -0.39 is 17.5 Å². The second-order valence-corrected chi connectivity index (χ2v) is 12.1. The van der Waals surface area contributed by atoms with Crippen LogP contribution in [0.5, 0.6) is 34.5 Å². The molecule has 3 atom stereocenters. The number of nitrogens with zero attached hydrogens (tertiary/aromatic N) is 1. The van der Waals surface area contributed by atoms with E-state index in [2.05, 4.69) is 4.99 Å². The largest absolute Gasteiger partial charge is 0.508 e. The van der Waals surface area contributed by atoms with Gasteiger partial charge >= 0.3 is 0 Å². The number of para-hydroxylation sites is 2. The van der Waals surface area contributed by atoms with E-state index in [1.165, 1.54) is 42.1 Å². The van der Waals surface area contributed by atoms with Gasteiger partial charge in [-0.1, -0.05) is 51.1 Å². The lowest BCUT2D eigenvalue weighted by atomic mass is 9.85. The summed E-state index contributed by atoms with van der Waals surface area (Å²) in [6.45, 7) is 6.07. The van der Waals surface area contributed by atoms with Gasteiger partial charge in [0.15, 0.2) is 17.6 Å². The zero-order valence-corrected chi connectivity index (χ0v) is 23.5. The van der Waals surface area contributed by atoms with Crippen molar-refractivity contribution < 1.29 is 35.4 Å². The Morgan fingerprint density at radius 3 is 2.32 bits per heavy atom. The summed E-state index contributed by atoms with van der Waals surface area (Å²) < 4.78 is 6.01. The predicted octanol–water partition coefficient (Wildman–Crippen LogP) is 6.59. The molecule has 41 heavy (non-hydrogen) atoms. The van der Waals surface area contributed by atoms with Gasteiger partial charge in [0.2, 0.25) is 0 Å². The van der Waals surface area contributed by atoms with Crippen LogP contribution in [0.1, 0.15) is 54.4 Å². The van der Waals surface area contributed by atoms with Gasteiger partial charge in [0.25, 0.3) is 0 Å². The van der Waals surface area contributed by atoms with Crippen LogP contribution in [0.3, 0.4) is 0 Å². The molecule has 4 aromatic carbocycles. The lowest BCUT2D eigenvalue weighted by Gasteiger charge is -2.37. The van der Waals surface area contributed by atoms with E-state index in [0.717, 1.165) is 5.56 Å². The number of phenols is 5. The Bertz CT molecular complexity index is 1630. The van der Waals surface area contributed by atoms with Crippen LogP contribution in [0.2, 0.25) is 0 Å². The van der Waals surface area contributed by atoms with Gasteiger partial charge in [-0.05, 0) is 46.9 Å². The number of fused-ring (bicyclic) bond motifs is 1. The van der Waals surface area contributed by atoms with E-state index in [0.29, 0.717) is 27.3 Å². The fourth-order valence-corrected chi connectivity index (χ4v) is 6.15. The topological polar surface area (TPSA) is 143 Å². The summed E-state index contributed by atoms with van der Waals surface area (Å²) in [4.78, 5) is 5.35. The van der Waals surface area contributed by atoms with Crippen molar-refractivity contribution in [2.45, 2.75) is 48.5 Å². The summed E-state index contributed by atoms with van der Waals surface area (Å²) in [5.74, 6) is -0.804. The lowest BCUT2D eigenvalue weighted by Crippen LogP contribution is -2.33. The number of hydrogen-bond acceptors (Lipinski definition) is 9. The van der Waals surface area contributed by atoms with Crippen molar-refractivity contribution >= 4 is 23.7 Å². The first-order chi connectivity index (χ1) is 19.4. The maximum absolute atomic E-state index is 11.6. The average Bonchev–Trinajstić information content (AvgIpc) is 2.91. The van der Waals surface area contributed by atoms with Crippen molar-refractivity contribution in [3.05, 3.63) is 95.1 Å². The number of thioether (sulfide) groups is 1. The van der Waals surface area contributed by atoms with E-state index >= 15 is 0 Å². The molecule has 1 aliphatic heterocycles. The van der Waals surface area contributed by atoms with Gasteiger partial charge in [-0.15, -0.1) is 11.8 Å². The van der Waals surface area contributed by atoms with Crippen LogP contribution in [0.4, 0.5) is 5.69 Å². The van der Waals surface area contributed by atoms with Gasteiger partial charge < -0.3 is 35.4 Å². The molecular weight excluding hydrogens is 542 g/mol. The average molecular weight is 574 g/mol. The smallest absolute Gasteiger partial charge is 0.157 e. The Morgan fingerprint density at radius 2 is 1.59 bits per heavy atom. The molecule has 8 nitrogen and oxygen atoms in total. The number of aliphatic imine (C=N–C) groups is 1. The van der Waals surface area contributed by atoms with Crippen molar-refractivity contribution in [1.29, 1.82) is 0 Å². The molecule has 4 aromatic rings. The second kappa shape index (κ2) is 10.9. The van der Waals surface area contributed by atoms with Crippen LogP contribution in [0.15, 0.2) is 82.7 Å². The van der Waals surface area contributed by atoms with Crippen molar-refractivity contribution in [1.82, 2.24) is 0 Å². The first-order valence-electron chi connectivity index (χ1n) is 13.0. The molecule has 0 aliphatic carbocycles. The molecule has 0 bridgehead atoms. The highest BCUT2D eigenvalue weighted by Gasteiger charge is 2.41. The Kier molecular flexibility index (Phi) is 7.50. The molecule has 0 spiro atoms. The normalized spacial score (nSPS) is 18.7. The molecule has 9 heteroatoms. The molecule has 0 aromatic heterocycles. The fraction of sp³-hybridized carbons (Fsp3) is 0.219. The minimum atomic E-state index is -1.21. The third kappa shape index (κ3) is 5.64. The number of phenolic OH excluding ortho intramolecular Hbond substituents is 5. The molecule has 212 valence electrons. The van der Waals surface area contributed by atoms with Crippen LogP contribution < -0.4 is 4.74 Å². The molecular formula is C32H31NO7S. The molecule has 0 saturated heterocycles. The molecule has 5 rings (SSSR count). The molecule has 6 N–H and O–H groups in total. The zero-order valence-electron chi connectivity index (χ0n) is 22.7. The van der Waals surface area contributed by atoms with Crippen LogP contribution in [-0.4, -0.2) is 43.0 Å². The standard InChI is InChI=1S/C32H31NO7S/c1-32(2,3)20-8-6-7-18(28(20)38)16-33-21-9-4-5-10-26(21)41-31-27-24(37)14-19(34)15-25(27)40-30(29(31)39)17-11-12-22(35)23(36)13-17/h4-16,29-31,34-39H,1-3H3. The minimum Gasteiger partial charge on any atom is -0.508 e. The molecule has 0 fully saturated rings. The summed E-state index contributed by atoms with van der Waals surface area (Å²) in [5.41, 5.74) is 2.39. The quantitative estimate of drug-likeness (QED) is 0.116. The number of aromatic hydroxyl groups is 5. The van der Waals surface area contributed by atoms with Crippen LogP contribution in [0, 0.1) is 0 Å². The number of aliphatic hydroxyl groups is 1. The van der Waals surface area contributed by atoms with Crippen molar-refractivity contribution in [2.24, 2.45) is 4.99 Å². The van der Waals surface area contributed by atoms with E-state index in [9.17, 15) is 30.6 Å². The minimum absolute atomic E-state index is 0.160. The molecule has 1 aliphatic rings. The summed E-state index contributed by atoms with van der Waals surface area (Å²) >= 11 is 1.25. The Hall–Kier alpha value is -4.34. The molecule has 3 unspecified atom stereocenters. The Labute approximate surface area is 241 Å².